The standard InChI is InChI=1S/C11H16N4/c1-2-3-4-5-6-15-9-14-10(7-12)11(15)8-13/h9-11H,2-6H2,1H3. The molecule has 0 aromatic heterocycles. The summed E-state index contributed by atoms with van der Waals surface area (Å²) >= 11 is 0. The molecule has 0 fully saturated rings. The second kappa shape index (κ2) is 6.03. The number of nitriles is 2. The number of rotatable bonds is 5. The maximum absolute atomic E-state index is 8.92. The predicted molar refractivity (Wildman–Crippen MR) is 58.1 cm³/mol. The highest BCUT2D eigenvalue weighted by atomic mass is 15.2. The van der Waals surface area contributed by atoms with Gasteiger partial charge in [-0.05, 0) is 6.42 Å². The van der Waals surface area contributed by atoms with Crippen LogP contribution in [0.25, 0.3) is 0 Å². The van der Waals surface area contributed by atoms with Crippen molar-refractivity contribution in [3.05, 3.63) is 0 Å². The molecule has 1 rings (SSSR count). The molecule has 0 bridgehead atoms. The number of hydrogen-bond donors (Lipinski definition) is 0. The molecule has 4 heteroatoms. The quantitative estimate of drug-likeness (QED) is 0.640. The summed E-state index contributed by atoms with van der Waals surface area (Å²) in [6.07, 6.45) is 6.32. The summed E-state index contributed by atoms with van der Waals surface area (Å²) in [6, 6.07) is 3.29. The topological polar surface area (TPSA) is 63.2 Å². The van der Waals surface area contributed by atoms with Crippen molar-refractivity contribution in [2.45, 2.75) is 44.7 Å². The lowest BCUT2D eigenvalue weighted by Crippen LogP contribution is -2.35. The molecule has 0 aliphatic carbocycles. The van der Waals surface area contributed by atoms with Crippen molar-refractivity contribution in [3.8, 4) is 12.1 Å². The van der Waals surface area contributed by atoms with Gasteiger partial charge in [-0.15, -0.1) is 0 Å². The Morgan fingerprint density at radius 2 is 2.07 bits per heavy atom. The van der Waals surface area contributed by atoms with Crippen LogP contribution in [-0.2, 0) is 0 Å². The van der Waals surface area contributed by atoms with E-state index in [-0.39, 0.29) is 6.04 Å². The Kier molecular flexibility index (Phi) is 4.63. The number of hydrogen-bond acceptors (Lipinski definition) is 4. The van der Waals surface area contributed by atoms with Gasteiger partial charge in [0.1, 0.15) is 0 Å². The first-order valence-electron chi connectivity index (χ1n) is 5.41. The maximum Gasteiger partial charge on any atom is 0.171 e. The zero-order chi connectivity index (χ0) is 11.1. The van der Waals surface area contributed by atoms with E-state index in [0.29, 0.717) is 0 Å². The lowest BCUT2D eigenvalue weighted by Gasteiger charge is -2.19. The Morgan fingerprint density at radius 1 is 1.27 bits per heavy atom. The van der Waals surface area contributed by atoms with Crippen LogP contribution in [0.4, 0.5) is 0 Å². The molecule has 0 amide bonds. The molecule has 15 heavy (non-hydrogen) atoms. The molecule has 4 nitrogen and oxygen atoms in total. The first-order valence-corrected chi connectivity index (χ1v) is 5.41. The van der Waals surface area contributed by atoms with Crippen molar-refractivity contribution in [1.29, 1.82) is 10.5 Å². The monoisotopic (exact) mass is 204 g/mol. The SMILES string of the molecule is CCCCCCN1C=NC(C#N)C1C#N. The van der Waals surface area contributed by atoms with E-state index in [1.807, 2.05) is 11.0 Å². The maximum atomic E-state index is 8.92. The van der Waals surface area contributed by atoms with E-state index in [4.69, 9.17) is 10.5 Å². The number of aliphatic imine (C=N–C) groups is 1. The molecule has 1 aliphatic heterocycles. The fourth-order valence-electron chi connectivity index (χ4n) is 1.66. The summed E-state index contributed by atoms with van der Waals surface area (Å²) in [5, 5.41) is 17.7. The Balaban J connectivity index is 2.34. The Hall–Kier alpha value is -1.55. The van der Waals surface area contributed by atoms with Gasteiger partial charge in [0.05, 0.1) is 18.5 Å². The third kappa shape index (κ3) is 2.95. The van der Waals surface area contributed by atoms with Crippen molar-refractivity contribution in [1.82, 2.24) is 4.90 Å². The molecule has 2 unspecified atom stereocenters. The van der Waals surface area contributed by atoms with E-state index in [1.54, 1.807) is 6.34 Å². The number of nitrogens with zero attached hydrogens (tertiary/aromatic N) is 4. The van der Waals surface area contributed by atoms with E-state index in [0.717, 1.165) is 13.0 Å². The minimum Gasteiger partial charge on any atom is -0.344 e. The first-order chi connectivity index (χ1) is 7.33. The van der Waals surface area contributed by atoms with Crippen LogP contribution in [0, 0.1) is 22.7 Å². The molecular weight excluding hydrogens is 188 g/mol. The van der Waals surface area contributed by atoms with Gasteiger partial charge in [-0.25, -0.2) is 0 Å². The highest BCUT2D eigenvalue weighted by Crippen LogP contribution is 2.13. The minimum atomic E-state index is -0.499. The first kappa shape index (κ1) is 11.5. The van der Waals surface area contributed by atoms with Crippen molar-refractivity contribution >= 4 is 6.34 Å². The molecule has 0 spiro atoms. The molecule has 0 aromatic carbocycles. The third-order valence-electron chi connectivity index (χ3n) is 2.57. The Labute approximate surface area is 90.8 Å². The van der Waals surface area contributed by atoms with Gasteiger partial charge < -0.3 is 4.90 Å². The Morgan fingerprint density at radius 3 is 2.67 bits per heavy atom. The van der Waals surface area contributed by atoms with Crippen LogP contribution < -0.4 is 0 Å². The van der Waals surface area contributed by atoms with Crippen molar-refractivity contribution in [3.63, 3.8) is 0 Å². The van der Waals surface area contributed by atoms with Crippen LogP contribution in [0.3, 0.4) is 0 Å². The average molecular weight is 204 g/mol. The average Bonchev–Trinajstić information content (AvgIpc) is 2.66. The van der Waals surface area contributed by atoms with Crippen LogP contribution in [-0.4, -0.2) is 29.9 Å². The zero-order valence-corrected chi connectivity index (χ0v) is 9.06. The fraction of sp³-hybridized carbons (Fsp3) is 0.727. The van der Waals surface area contributed by atoms with E-state index >= 15 is 0 Å². The zero-order valence-electron chi connectivity index (χ0n) is 9.06. The summed E-state index contributed by atoms with van der Waals surface area (Å²) in [7, 11) is 0. The van der Waals surface area contributed by atoms with Crippen LogP contribution in [0.15, 0.2) is 4.99 Å². The number of unbranched alkanes of at least 4 members (excludes halogenated alkanes) is 3. The van der Waals surface area contributed by atoms with Crippen LogP contribution >= 0.6 is 0 Å². The molecule has 0 N–H and O–H groups in total. The summed E-state index contributed by atoms with van der Waals surface area (Å²) in [4.78, 5) is 5.88. The van der Waals surface area contributed by atoms with Gasteiger partial charge in [0.15, 0.2) is 12.1 Å². The van der Waals surface area contributed by atoms with Crippen molar-refractivity contribution in [2.24, 2.45) is 4.99 Å². The van der Waals surface area contributed by atoms with E-state index in [2.05, 4.69) is 18.0 Å². The van der Waals surface area contributed by atoms with Crippen molar-refractivity contribution in [2.75, 3.05) is 6.54 Å². The summed E-state index contributed by atoms with van der Waals surface area (Å²) in [5.41, 5.74) is 0. The van der Waals surface area contributed by atoms with Crippen LogP contribution in [0.2, 0.25) is 0 Å². The second-order valence-corrected chi connectivity index (χ2v) is 3.71. The smallest absolute Gasteiger partial charge is 0.171 e. The van der Waals surface area contributed by atoms with Crippen LogP contribution in [0.5, 0.6) is 0 Å². The Bertz CT molecular complexity index is 297. The van der Waals surface area contributed by atoms with Gasteiger partial charge in [-0.2, -0.15) is 10.5 Å². The summed E-state index contributed by atoms with van der Waals surface area (Å²) in [6.45, 7) is 3.00. The third-order valence-corrected chi connectivity index (χ3v) is 2.57. The van der Waals surface area contributed by atoms with E-state index in [9.17, 15) is 0 Å². The van der Waals surface area contributed by atoms with Gasteiger partial charge in [0, 0.05) is 6.54 Å². The van der Waals surface area contributed by atoms with E-state index in [1.165, 1.54) is 19.3 Å². The second-order valence-electron chi connectivity index (χ2n) is 3.71. The molecular formula is C11H16N4. The highest BCUT2D eigenvalue weighted by Gasteiger charge is 2.29. The van der Waals surface area contributed by atoms with Gasteiger partial charge in [0.25, 0.3) is 0 Å². The predicted octanol–water partition coefficient (Wildman–Crippen LogP) is 1.69. The molecule has 0 radical (unpaired) electrons. The highest BCUT2D eigenvalue weighted by molar-refractivity contribution is 5.61. The van der Waals surface area contributed by atoms with Gasteiger partial charge in [0.2, 0.25) is 0 Å². The minimum absolute atomic E-state index is 0.378. The summed E-state index contributed by atoms with van der Waals surface area (Å²) in [5.74, 6) is 0. The fourth-order valence-corrected chi connectivity index (χ4v) is 1.66. The van der Waals surface area contributed by atoms with Gasteiger partial charge in [-0.3, -0.25) is 4.99 Å². The lowest BCUT2D eigenvalue weighted by atomic mass is 10.1. The molecule has 2 atom stereocenters. The molecule has 1 aliphatic rings. The molecule has 0 aromatic rings. The van der Waals surface area contributed by atoms with Gasteiger partial charge in [-0.1, -0.05) is 26.2 Å². The summed E-state index contributed by atoms with van der Waals surface area (Å²) < 4.78 is 0. The molecule has 0 saturated carbocycles. The normalized spacial score (nSPS) is 23.8. The van der Waals surface area contributed by atoms with E-state index < -0.39 is 6.04 Å². The van der Waals surface area contributed by atoms with Crippen molar-refractivity contribution < 1.29 is 0 Å². The van der Waals surface area contributed by atoms with Gasteiger partial charge >= 0.3 is 0 Å². The lowest BCUT2D eigenvalue weighted by molar-refractivity contribution is 0.374. The van der Waals surface area contributed by atoms with Crippen LogP contribution in [0.1, 0.15) is 32.6 Å². The molecule has 1 heterocycles. The molecule has 80 valence electrons. The molecule has 0 saturated heterocycles. The largest absolute Gasteiger partial charge is 0.344 e.